The van der Waals surface area contributed by atoms with E-state index in [1.807, 2.05) is 12.1 Å². The van der Waals surface area contributed by atoms with E-state index in [-0.39, 0.29) is 12.0 Å². The van der Waals surface area contributed by atoms with Crippen molar-refractivity contribution in [2.75, 3.05) is 13.2 Å². The highest BCUT2D eigenvalue weighted by molar-refractivity contribution is 5.33. The van der Waals surface area contributed by atoms with Gasteiger partial charge < -0.3 is 9.84 Å². The maximum absolute atomic E-state index is 9.00. The highest BCUT2D eigenvalue weighted by Crippen LogP contribution is 2.48. The first-order valence-corrected chi connectivity index (χ1v) is 6.09. The molecule has 0 spiro atoms. The zero-order valence-electron chi connectivity index (χ0n) is 9.91. The van der Waals surface area contributed by atoms with E-state index in [1.165, 1.54) is 18.4 Å². The van der Waals surface area contributed by atoms with Gasteiger partial charge in [0.05, 0.1) is 13.2 Å². The predicted octanol–water partition coefficient (Wildman–Crippen LogP) is 2.64. The Kier molecular flexibility index (Phi) is 3.62. The van der Waals surface area contributed by atoms with Gasteiger partial charge in [0.1, 0.15) is 0 Å². The number of ether oxygens (including phenoxy) is 1. The molecule has 1 aromatic carbocycles. The molecule has 1 saturated carbocycles. The Balaban J connectivity index is 1.99. The van der Waals surface area contributed by atoms with Gasteiger partial charge in [0.15, 0.2) is 0 Å². The van der Waals surface area contributed by atoms with E-state index < -0.39 is 0 Å². The normalized spacial score (nSPS) is 17.4. The molecule has 1 N–H and O–H groups in total. The van der Waals surface area contributed by atoms with Crippen LogP contribution in [0.15, 0.2) is 24.3 Å². The van der Waals surface area contributed by atoms with Crippen LogP contribution in [0.4, 0.5) is 0 Å². The van der Waals surface area contributed by atoms with E-state index >= 15 is 0 Å². The van der Waals surface area contributed by atoms with Crippen LogP contribution >= 0.6 is 0 Å². The molecule has 1 aliphatic carbocycles. The number of aliphatic hydroxyl groups is 1. The van der Waals surface area contributed by atoms with Crippen molar-refractivity contribution in [2.45, 2.75) is 38.2 Å². The van der Waals surface area contributed by atoms with E-state index in [1.54, 1.807) is 0 Å². The average Bonchev–Trinajstić information content (AvgIpc) is 3.11. The first-order valence-electron chi connectivity index (χ1n) is 6.09. The zero-order valence-corrected chi connectivity index (χ0v) is 9.91. The Labute approximate surface area is 97.3 Å². The molecular formula is C14H20O2. The predicted molar refractivity (Wildman–Crippen MR) is 64.4 cm³/mol. The summed E-state index contributed by atoms with van der Waals surface area (Å²) < 4.78 is 5.67. The van der Waals surface area contributed by atoms with Crippen LogP contribution in [0.3, 0.4) is 0 Å². The fourth-order valence-electron chi connectivity index (χ4n) is 2.04. The van der Waals surface area contributed by atoms with Crippen molar-refractivity contribution in [3.05, 3.63) is 35.4 Å². The standard InChI is InChI=1S/C14H20O2/c1-2-9-16-11-14(7-8-14)13-5-3-12(10-15)4-6-13/h3-6,15H,2,7-11H2,1H3. The molecule has 2 nitrogen and oxygen atoms in total. The zero-order chi connectivity index (χ0) is 11.4. The summed E-state index contributed by atoms with van der Waals surface area (Å²) >= 11 is 0. The molecular weight excluding hydrogens is 200 g/mol. The second-order valence-corrected chi connectivity index (χ2v) is 4.69. The fourth-order valence-corrected chi connectivity index (χ4v) is 2.04. The van der Waals surface area contributed by atoms with Crippen LogP contribution in [0.1, 0.15) is 37.3 Å². The van der Waals surface area contributed by atoms with Crippen molar-refractivity contribution in [2.24, 2.45) is 0 Å². The summed E-state index contributed by atoms with van der Waals surface area (Å²) in [4.78, 5) is 0. The van der Waals surface area contributed by atoms with Crippen LogP contribution in [0, 0.1) is 0 Å². The summed E-state index contributed by atoms with van der Waals surface area (Å²) in [6.45, 7) is 3.96. The van der Waals surface area contributed by atoms with Crippen LogP contribution in [-0.2, 0) is 16.8 Å². The van der Waals surface area contributed by atoms with E-state index in [0.717, 1.165) is 25.2 Å². The Morgan fingerprint density at radius 3 is 2.44 bits per heavy atom. The quantitative estimate of drug-likeness (QED) is 0.747. The number of rotatable bonds is 6. The smallest absolute Gasteiger partial charge is 0.0681 e. The van der Waals surface area contributed by atoms with E-state index in [9.17, 15) is 0 Å². The number of hydrogen-bond donors (Lipinski definition) is 1. The lowest BCUT2D eigenvalue weighted by Crippen LogP contribution is -2.15. The Morgan fingerprint density at radius 1 is 1.25 bits per heavy atom. The Morgan fingerprint density at radius 2 is 1.94 bits per heavy atom. The second kappa shape index (κ2) is 4.98. The summed E-state index contributed by atoms with van der Waals surface area (Å²) in [5.41, 5.74) is 2.62. The molecule has 1 aliphatic rings. The highest BCUT2D eigenvalue weighted by atomic mass is 16.5. The van der Waals surface area contributed by atoms with Crippen molar-refractivity contribution in [3.8, 4) is 0 Å². The Hall–Kier alpha value is -0.860. The molecule has 0 saturated heterocycles. The van der Waals surface area contributed by atoms with E-state index in [4.69, 9.17) is 9.84 Å². The van der Waals surface area contributed by atoms with Crippen LogP contribution in [0.25, 0.3) is 0 Å². The third-order valence-corrected chi connectivity index (χ3v) is 3.33. The number of benzene rings is 1. The van der Waals surface area contributed by atoms with Crippen LogP contribution in [-0.4, -0.2) is 18.3 Å². The van der Waals surface area contributed by atoms with Crippen LogP contribution < -0.4 is 0 Å². The lowest BCUT2D eigenvalue weighted by atomic mass is 9.96. The molecule has 0 bridgehead atoms. The van der Waals surface area contributed by atoms with Gasteiger partial charge >= 0.3 is 0 Å². The van der Waals surface area contributed by atoms with Gasteiger partial charge in [0, 0.05) is 12.0 Å². The first kappa shape index (κ1) is 11.6. The van der Waals surface area contributed by atoms with Gasteiger partial charge in [0.25, 0.3) is 0 Å². The van der Waals surface area contributed by atoms with Crippen LogP contribution in [0.5, 0.6) is 0 Å². The maximum Gasteiger partial charge on any atom is 0.0681 e. The minimum absolute atomic E-state index is 0.125. The molecule has 88 valence electrons. The largest absolute Gasteiger partial charge is 0.392 e. The molecule has 0 amide bonds. The van der Waals surface area contributed by atoms with Gasteiger partial charge in [-0.2, -0.15) is 0 Å². The van der Waals surface area contributed by atoms with Crippen molar-refractivity contribution < 1.29 is 9.84 Å². The minimum Gasteiger partial charge on any atom is -0.392 e. The van der Waals surface area contributed by atoms with E-state index in [2.05, 4.69) is 19.1 Å². The molecule has 0 unspecified atom stereocenters. The summed E-state index contributed by atoms with van der Waals surface area (Å²) in [6.07, 6.45) is 3.55. The molecule has 16 heavy (non-hydrogen) atoms. The SMILES string of the molecule is CCCOCC1(c2ccc(CO)cc2)CC1. The average molecular weight is 220 g/mol. The first-order chi connectivity index (χ1) is 7.80. The summed E-state index contributed by atoms with van der Waals surface area (Å²) in [6, 6.07) is 8.28. The maximum atomic E-state index is 9.00. The van der Waals surface area contributed by atoms with E-state index in [0.29, 0.717) is 0 Å². The Bertz CT molecular complexity index is 325. The fraction of sp³-hybridized carbons (Fsp3) is 0.571. The molecule has 0 aliphatic heterocycles. The molecule has 0 radical (unpaired) electrons. The van der Waals surface area contributed by atoms with Crippen LogP contribution in [0.2, 0.25) is 0 Å². The van der Waals surface area contributed by atoms with Crippen molar-refractivity contribution in [1.82, 2.24) is 0 Å². The number of aliphatic hydroxyl groups excluding tert-OH is 1. The third kappa shape index (κ3) is 2.45. The summed E-state index contributed by atoms with van der Waals surface area (Å²) in [7, 11) is 0. The lowest BCUT2D eigenvalue weighted by Gasteiger charge is -2.16. The lowest BCUT2D eigenvalue weighted by molar-refractivity contribution is 0.114. The van der Waals surface area contributed by atoms with Gasteiger partial charge in [-0.1, -0.05) is 31.2 Å². The summed E-state index contributed by atoms with van der Waals surface area (Å²) in [5, 5.41) is 9.00. The molecule has 2 rings (SSSR count). The minimum atomic E-state index is 0.125. The third-order valence-electron chi connectivity index (χ3n) is 3.33. The molecule has 1 fully saturated rings. The second-order valence-electron chi connectivity index (χ2n) is 4.69. The monoisotopic (exact) mass is 220 g/mol. The van der Waals surface area contributed by atoms with Gasteiger partial charge in [0.2, 0.25) is 0 Å². The molecule has 0 atom stereocenters. The molecule has 0 heterocycles. The van der Waals surface area contributed by atoms with Gasteiger partial charge in [-0.15, -0.1) is 0 Å². The van der Waals surface area contributed by atoms with Crippen molar-refractivity contribution >= 4 is 0 Å². The molecule has 2 heteroatoms. The number of hydrogen-bond acceptors (Lipinski definition) is 2. The molecule has 0 aromatic heterocycles. The van der Waals surface area contributed by atoms with Gasteiger partial charge in [-0.05, 0) is 30.4 Å². The highest BCUT2D eigenvalue weighted by Gasteiger charge is 2.44. The van der Waals surface area contributed by atoms with Gasteiger partial charge in [-0.3, -0.25) is 0 Å². The van der Waals surface area contributed by atoms with Crippen molar-refractivity contribution in [3.63, 3.8) is 0 Å². The van der Waals surface area contributed by atoms with Crippen molar-refractivity contribution in [1.29, 1.82) is 0 Å². The summed E-state index contributed by atoms with van der Waals surface area (Å²) in [5.74, 6) is 0. The van der Waals surface area contributed by atoms with Gasteiger partial charge in [-0.25, -0.2) is 0 Å². The topological polar surface area (TPSA) is 29.5 Å². The molecule has 1 aromatic rings.